The van der Waals surface area contributed by atoms with Gasteiger partial charge in [0, 0.05) is 12.5 Å². The number of aromatic amines is 1. The van der Waals surface area contributed by atoms with E-state index in [0.717, 1.165) is 16.6 Å². The molecule has 0 radical (unpaired) electrons. The molecular weight excluding hydrogens is 202 g/mol. The van der Waals surface area contributed by atoms with Gasteiger partial charge in [-0.2, -0.15) is 0 Å². The van der Waals surface area contributed by atoms with E-state index in [1.165, 1.54) is 0 Å². The molecule has 1 heterocycles. The molecule has 1 aromatic heterocycles. The molecule has 0 bridgehead atoms. The van der Waals surface area contributed by atoms with Crippen molar-refractivity contribution in [3.05, 3.63) is 30.1 Å². The molecule has 4 heteroatoms. The largest absolute Gasteiger partial charge is 0.345 e. The van der Waals surface area contributed by atoms with Crippen LogP contribution in [0.15, 0.2) is 24.5 Å². The van der Waals surface area contributed by atoms with E-state index < -0.39 is 0 Å². The maximum absolute atomic E-state index is 11.1. The number of hydrogen-bond donors (Lipinski definition) is 2. The minimum atomic E-state index is 0.0743. The van der Waals surface area contributed by atoms with Crippen LogP contribution in [-0.2, 0) is 4.79 Å². The molecule has 0 aliphatic heterocycles. The van der Waals surface area contributed by atoms with Crippen molar-refractivity contribution in [3.8, 4) is 0 Å². The summed E-state index contributed by atoms with van der Waals surface area (Å²) < 4.78 is 0. The molecule has 0 amide bonds. The summed E-state index contributed by atoms with van der Waals surface area (Å²) in [6, 6.07) is 6.08. The number of fused-ring (bicyclic) bond motifs is 1. The number of carbonyl (C=O) groups is 1. The third-order valence-corrected chi connectivity index (χ3v) is 2.69. The molecule has 0 aliphatic rings. The molecule has 1 atom stereocenters. The first-order valence-electron chi connectivity index (χ1n) is 5.30. The second-order valence-electron chi connectivity index (χ2n) is 3.93. The first-order chi connectivity index (χ1) is 7.70. The Morgan fingerprint density at radius 2 is 2.38 bits per heavy atom. The second kappa shape index (κ2) is 4.45. The molecule has 2 aromatic rings. The van der Waals surface area contributed by atoms with Crippen LogP contribution in [0.25, 0.3) is 11.0 Å². The summed E-state index contributed by atoms with van der Waals surface area (Å²) >= 11 is 0. The van der Waals surface area contributed by atoms with Gasteiger partial charge in [0.2, 0.25) is 0 Å². The van der Waals surface area contributed by atoms with Gasteiger partial charge in [-0.1, -0.05) is 6.07 Å². The molecule has 4 nitrogen and oxygen atoms in total. The van der Waals surface area contributed by atoms with Crippen LogP contribution in [0.4, 0.5) is 0 Å². The zero-order chi connectivity index (χ0) is 11.5. The number of aromatic nitrogens is 2. The van der Waals surface area contributed by atoms with Crippen molar-refractivity contribution in [2.75, 3.05) is 7.05 Å². The average Bonchev–Trinajstić information content (AvgIpc) is 2.72. The van der Waals surface area contributed by atoms with Gasteiger partial charge in [-0.25, -0.2) is 4.98 Å². The number of H-pyrrole nitrogens is 1. The minimum absolute atomic E-state index is 0.0743. The molecule has 0 spiro atoms. The van der Waals surface area contributed by atoms with Gasteiger partial charge in [0.1, 0.15) is 5.78 Å². The number of Topliss-reactive ketones (excluding diaryl/α,β-unsaturated/α-hetero) is 1. The molecule has 0 fully saturated rings. The number of hydrogen-bond acceptors (Lipinski definition) is 3. The highest BCUT2D eigenvalue weighted by atomic mass is 16.1. The molecule has 2 rings (SSSR count). The first-order valence-corrected chi connectivity index (χ1v) is 5.30. The quantitative estimate of drug-likeness (QED) is 0.821. The van der Waals surface area contributed by atoms with Crippen LogP contribution in [0.3, 0.4) is 0 Å². The summed E-state index contributed by atoms with van der Waals surface area (Å²) in [7, 11) is 1.87. The number of carbonyl (C=O) groups excluding carboxylic acids is 1. The lowest BCUT2D eigenvalue weighted by Gasteiger charge is -2.14. The molecule has 2 N–H and O–H groups in total. The lowest BCUT2D eigenvalue weighted by molar-refractivity contribution is -0.117. The van der Waals surface area contributed by atoms with Crippen molar-refractivity contribution >= 4 is 16.8 Å². The molecule has 1 unspecified atom stereocenters. The van der Waals surface area contributed by atoms with Crippen LogP contribution in [0.2, 0.25) is 0 Å². The third kappa shape index (κ3) is 2.12. The molecule has 16 heavy (non-hydrogen) atoms. The fourth-order valence-electron chi connectivity index (χ4n) is 1.84. The van der Waals surface area contributed by atoms with E-state index >= 15 is 0 Å². The van der Waals surface area contributed by atoms with Crippen molar-refractivity contribution < 1.29 is 4.79 Å². The summed E-state index contributed by atoms with van der Waals surface area (Å²) in [6.45, 7) is 1.61. The topological polar surface area (TPSA) is 57.8 Å². The van der Waals surface area contributed by atoms with E-state index in [9.17, 15) is 4.79 Å². The fourth-order valence-corrected chi connectivity index (χ4v) is 1.84. The van der Waals surface area contributed by atoms with Crippen LogP contribution >= 0.6 is 0 Å². The minimum Gasteiger partial charge on any atom is -0.345 e. The Balaban J connectivity index is 2.32. The van der Waals surface area contributed by atoms with Crippen LogP contribution in [0.5, 0.6) is 0 Å². The zero-order valence-electron chi connectivity index (χ0n) is 9.45. The Morgan fingerprint density at radius 3 is 3.06 bits per heavy atom. The Kier molecular flexibility index (Phi) is 3.01. The van der Waals surface area contributed by atoms with Gasteiger partial charge >= 0.3 is 0 Å². The Morgan fingerprint density at radius 1 is 1.56 bits per heavy atom. The number of imidazole rings is 1. The number of nitrogens with one attached hydrogen (secondary N) is 2. The Labute approximate surface area is 94.1 Å². The smallest absolute Gasteiger partial charge is 0.131 e. The van der Waals surface area contributed by atoms with Crippen LogP contribution in [0, 0.1) is 0 Å². The van der Waals surface area contributed by atoms with Crippen LogP contribution in [0.1, 0.15) is 24.9 Å². The standard InChI is InChI=1S/C12H15N3O/c1-8(16)5-11(13-2)9-3-4-10-12(6-9)15-7-14-10/h3-4,6-7,11,13H,5H2,1-2H3,(H,14,15). The fraction of sp³-hybridized carbons (Fsp3) is 0.333. The van der Waals surface area contributed by atoms with Gasteiger partial charge in [-0.15, -0.1) is 0 Å². The predicted octanol–water partition coefficient (Wildman–Crippen LogP) is 1.80. The number of ketones is 1. The third-order valence-electron chi connectivity index (χ3n) is 2.69. The summed E-state index contributed by atoms with van der Waals surface area (Å²) in [5.74, 6) is 0.184. The van der Waals surface area contributed by atoms with Crippen LogP contribution < -0.4 is 5.32 Å². The van der Waals surface area contributed by atoms with Gasteiger partial charge in [0.15, 0.2) is 0 Å². The van der Waals surface area contributed by atoms with E-state index in [1.54, 1.807) is 13.3 Å². The van der Waals surface area contributed by atoms with Crippen molar-refractivity contribution in [1.82, 2.24) is 15.3 Å². The van der Waals surface area contributed by atoms with Gasteiger partial charge < -0.3 is 10.3 Å². The number of nitrogens with zero attached hydrogens (tertiary/aromatic N) is 1. The second-order valence-corrected chi connectivity index (χ2v) is 3.93. The first kappa shape index (κ1) is 10.8. The van der Waals surface area contributed by atoms with Crippen molar-refractivity contribution in [3.63, 3.8) is 0 Å². The highest BCUT2D eigenvalue weighted by Gasteiger charge is 2.12. The van der Waals surface area contributed by atoms with Crippen molar-refractivity contribution in [2.45, 2.75) is 19.4 Å². The van der Waals surface area contributed by atoms with E-state index in [2.05, 4.69) is 15.3 Å². The van der Waals surface area contributed by atoms with E-state index in [4.69, 9.17) is 0 Å². The van der Waals surface area contributed by atoms with E-state index in [-0.39, 0.29) is 11.8 Å². The lowest BCUT2D eigenvalue weighted by Crippen LogP contribution is -2.18. The van der Waals surface area contributed by atoms with Gasteiger partial charge in [0.25, 0.3) is 0 Å². The van der Waals surface area contributed by atoms with E-state index in [1.807, 2.05) is 25.2 Å². The Hall–Kier alpha value is -1.68. The monoisotopic (exact) mass is 217 g/mol. The van der Waals surface area contributed by atoms with Gasteiger partial charge in [-0.05, 0) is 31.7 Å². The van der Waals surface area contributed by atoms with Crippen molar-refractivity contribution in [1.29, 1.82) is 0 Å². The number of rotatable bonds is 4. The highest BCUT2D eigenvalue weighted by Crippen LogP contribution is 2.20. The summed E-state index contributed by atoms with van der Waals surface area (Å²) in [4.78, 5) is 18.4. The maximum atomic E-state index is 11.1. The average molecular weight is 217 g/mol. The zero-order valence-corrected chi connectivity index (χ0v) is 9.45. The summed E-state index contributed by atoms with van der Waals surface area (Å²) in [6.07, 6.45) is 2.18. The lowest BCUT2D eigenvalue weighted by atomic mass is 10.0. The Bertz CT molecular complexity index is 504. The molecule has 0 saturated carbocycles. The molecule has 0 aliphatic carbocycles. The normalized spacial score (nSPS) is 12.9. The van der Waals surface area contributed by atoms with Crippen LogP contribution in [-0.4, -0.2) is 22.8 Å². The molecule has 0 saturated heterocycles. The maximum Gasteiger partial charge on any atom is 0.131 e. The molecular formula is C12H15N3O. The SMILES string of the molecule is CNC(CC(C)=O)c1ccc2nc[nH]c2c1. The van der Waals surface area contributed by atoms with Crippen molar-refractivity contribution in [2.24, 2.45) is 0 Å². The van der Waals surface area contributed by atoms with Gasteiger partial charge in [0.05, 0.1) is 17.4 Å². The van der Waals surface area contributed by atoms with Gasteiger partial charge in [-0.3, -0.25) is 4.79 Å². The summed E-state index contributed by atoms with van der Waals surface area (Å²) in [5, 5.41) is 3.15. The summed E-state index contributed by atoms with van der Waals surface area (Å²) in [5.41, 5.74) is 3.05. The number of benzene rings is 1. The predicted molar refractivity (Wildman–Crippen MR) is 63.2 cm³/mol. The molecule has 84 valence electrons. The highest BCUT2D eigenvalue weighted by molar-refractivity contribution is 5.78. The molecule has 1 aromatic carbocycles. The van der Waals surface area contributed by atoms with E-state index in [0.29, 0.717) is 6.42 Å².